The molecule has 88 valence electrons. The molecule has 0 saturated carbocycles. The summed E-state index contributed by atoms with van der Waals surface area (Å²) in [4.78, 5) is 11.0. The Morgan fingerprint density at radius 3 is 2.29 bits per heavy atom. The smallest absolute Gasteiger partial charge is 0.310 e. The van der Waals surface area contributed by atoms with E-state index in [1.807, 2.05) is 18.2 Å². The zero-order chi connectivity index (χ0) is 12.6. The first kappa shape index (κ1) is 11.6. The largest absolute Gasteiger partial charge is 0.481 e. The molecule has 0 heterocycles. The molecule has 2 heteroatoms. The predicted molar refractivity (Wildman–Crippen MR) is 68.6 cm³/mol. The normalized spacial score (nSPS) is 12.6. The Balaban J connectivity index is 2.64. The average molecular weight is 228 g/mol. The molecule has 0 fully saturated rings. The molecule has 0 aromatic heterocycles. The highest BCUT2D eigenvalue weighted by atomic mass is 16.4. The molecule has 2 rings (SSSR count). The van der Waals surface area contributed by atoms with Gasteiger partial charge in [-0.1, -0.05) is 30.3 Å². The van der Waals surface area contributed by atoms with Crippen molar-refractivity contribution in [3.05, 3.63) is 47.0 Å². The van der Waals surface area contributed by atoms with E-state index in [2.05, 4.69) is 26.0 Å². The van der Waals surface area contributed by atoms with Gasteiger partial charge in [-0.05, 0) is 48.6 Å². The van der Waals surface area contributed by atoms with Gasteiger partial charge in [-0.15, -0.1) is 0 Å². The minimum absolute atomic E-state index is 0.473. The minimum Gasteiger partial charge on any atom is -0.481 e. The highest BCUT2D eigenvalue weighted by Crippen LogP contribution is 2.32. The van der Waals surface area contributed by atoms with Crippen molar-refractivity contribution >= 4 is 5.97 Å². The van der Waals surface area contributed by atoms with Crippen LogP contribution in [0, 0.1) is 13.8 Å². The zero-order valence-corrected chi connectivity index (χ0v) is 10.3. The summed E-state index contributed by atoms with van der Waals surface area (Å²) in [6.45, 7) is 5.82. The molecule has 0 bridgehead atoms. The Morgan fingerprint density at radius 2 is 1.65 bits per heavy atom. The van der Waals surface area contributed by atoms with E-state index >= 15 is 0 Å². The summed E-state index contributed by atoms with van der Waals surface area (Å²) >= 11 is 0. The van der Waals surface area contributed by atoms with Gasteiger partial charge < -0.3 is 5.11 Å². The van der Waals surface area contributed by atoms with E-state index < -0.39 is 11.9 Å². The molecule has 2 aliphatic carbocycles. The molecule has 0 spiro atoms. The number of aryl methyl sites for hydroxylation is 2. The molecule has 2 aliphatic rings. The van der Waals surface area contributed by atoms with Crippen molar-refractivity contribution in [2.45, 2.75) is 26.7 Å². The van der Waals surface area contributed by atoms with E-state index in [0.29, 0.717) is 0 Å². The van der Waals surface area contributed by atoms with Gasteiger partial charge in [0, 0.05) is 0 Å². The second-order valence-corrected chi connectivity index (χ2v) is 4.56. The first-order chi connectivity index (χ1) is 8.00. The summed E-state index contributed by atoms with van der Waals surface area (Å²) in [6.07, 6.45) is 0. The maximum Gasteiger partial charge on any atom is 0.310 e. The van der Waals surface area contributed by atoms with Crippen molar-refractivity contribution in [1.29, 1.82) is 0 Å². The van der Waals surface area contributed by atoms with Gasteiger partial charge in [0.1, 0.15) is 0 Å². The highest BCUT2D eigenvalue weighted by Gasteiger charge is 2.16. The standard InChI is InChI=1S/C15H16O2/c1-9-4-6-12(11(3)15(16)17)8-14-10(2)5-7-13(9)14/h4-8,11H,1-3H3,(H,16,17)/t11-/m0/s1. The fraction of sp³-hybridized carbons (Fsp3) is 0.267. The third-order valence-corrected chi connectivity index (χ3v) is 3.35. The highest BCUT2D eigenvalue weighted by molar-refractivity contribution is 5.78. The topological polar surface area (TPSA) is 37.3 Å². The van der Waals surface area contributed by atoms with Gasteiger partial charge in [0.2, 0.25) is 0 Å². The first-order valence-electron chi connectivity index (χ1n) is 5.73. The van der Waals surface area contributed by atoms with Crippen molar-refractivity contribution in [3.63, 3.8) is 0 Å². The maximum atomic E-state index is 11.0. The van der Waals surface area contributed by atoms with E-state index in [1.165, 1.54) is 16.7 Å². The molecule has 1 N–H and O–H groups in total. The van der Waals surface area contributed by atoms with Crippen LogP contribution in [0.4, 0.5) is 0 Å². The third-order valence-electron chi connectivity index (χ3n) is 3.35. The Bertz CT molecular complexity index is 543. The lowest BCUT2D eigenvalue weighted by Gasteiger charge is -2.04. The summed E-state index contributed by atoms with van der Waals surface area (Å²) in [5.74, 6) is -1.26. The average Bonchev–Trinajstić information content (AvgIpc) is 2.55. The predicted octanol–water partition coefficient (Wildman–Crippen LogP) is 3.60. The molecule has 0 aliphatic heterocycles. The van der Waals surface area contributed by atoms with Gasteiger partial charge in [-0.25, -0.2) is 0 Å². The molecule has 1 atom stereocenters. The van der Waals surface area contributed by atoms with Crippen LogP contribution in [0.3, 0.4) is 0 Å². The van der Waals surface area contributed by atoms with Crippen molar-refractivity contribution in [3.8, 4) is 11.1 Å². The van der Waals surface area contributed by atoms with Crippen LogP contribution in [0.25, 0.3) is 11.1 Å². The molecule has 0 unspecified atom stereocenters. The molecule has 2 nitrogen and oxygen atoms in total. The van der Waals surface area contributed by atoms with Gasteiger partial charge >= 0.3 is 5.97 Å². The van der Waals surface area contributed by atoms with Gasteiger partial charge in [0.15, 0.2) is 0 Å². The maximum absolute atomic E-state index is 11.0. The number of hydrogen-bond acceptors (Lipinski definition) is 1. The summed E-state index contributed by atoms with van der Waals surface area (Å²) in [5, 5.41) is 9.08. The summed E-state index contributed by atoms with van der Waals surface area (Å²) < 4.78 is 0. The number of aliphatic carboxylic acids is 1. The van der Waals surface area contributed by atoms with Gasteiger partial charge in [-0.3, -0.25) is 4.79 Å². The SMILES string of the molecule is Cc1ccc([C@H](C)C(=O)O)cc2c(C)ccc1-2. The molecule has 17 heavy (non-hydrogen) atoms. The first-order valence-corrected chi connectivity index (χ1v) is 5.73. The van der Waals surface area contributed by atoms with E-state index in [1.54, 1.807) is 6.92 Å². The third kappa shape index (κ3) is 2.03. The number of fused-ring (bicyclic) bond motifs is 1. The van der Waals surface area contributed by atoms with Crippen LogP contribution in [0.15, 0.2) is 30.3 Å². The molecule has 0 aromatic rings. The Kier molecular flexibility index (Phi) is 2.88. The van der Waals surface area contributed by atoms with Crippen molar-refractivity contribution in [1.82, 2.24) is 0 Å². The summed E-state index contributed by atoms with van der Waals surface area (Å²) in [7, 11) is 0. The zero-order valence-electron chi connectivity index (χ0n) is 10.3. The molecular weight excluding hydrogens is 212 g/mol. The molecule has 0 aromatic carbocycles. The van der Waals surface area contributed by atoms with Crippen LogP contribution in [-0.2, 0) is 4.79 Å². The van der Waals surface area contributed by atoms with Crippen LogP contribution in [-0.4, -0.2) is 11.1 Å². The van der Waals surface area contributed by atoms with Gasteiger partial charge in [-0.2, -0.15) is 0 Å². The molecular formula is C15H16O2. The molecule has 0 saturated heterocycles. The van der Waals surface area contributed by atoms with Crippen LogP contribution >= 0.6 is 0 Å². The van der Waals surface area contributed by atoms with Crippen molar-refractivity contribution in [2.75, 3.05) is 0 Å². The monoisotopic (exact) mass is 228 g/mol. The molecule has 0 amide bonds. The lowest BCUT2D eigenvalue weighted by atomic mass is 10.0. The number of carboxylic acid groups (broad SMARTS) is 1. The van der Waals surface area contributed by atoms with E-state index in [9.17, 15) is 4.79 Å². The number of carbonyl (C=O) groups is 1. The van der Waals surface area contributed by atoms with Crippen LogP contribution in [0.5, 0.6) is 0 Å². The van der Waals surface area contributed by atoms with Crippen LogP contribution < -0.4 is 0 Å². The second-order valence-electron chi connectivity index (χ2n) is 4.56. The van der Waals surface area contributed by atoms with Crippen molar-refractivity contribution < 1.29 is 9.90 Å². The summed E-state index contributed by atoms with van der Waals surface area (Å²) in [5.41, 5.74) is 5.57. The number of rotatable bonds is 2. The number of carboxylic acids is 1. The fourth-order valence-electron chi connectivity index (χ4n) is 2.07. The van der Waals surface area contributed by atoms with Crippen molar-refractivity contribution in [2.24, 2.45) is 0 Å². The minimum atomic E-state index is -0.786. The Morgan fingerprint density at radius 1 is 1.06 bits per heavy atom. The van der Waals surface area contributed by atoms with Gasteiger partial charge in [0.05, 0.1) is 5.92 Å². The van der Waals surface area contributed by atoms with Gasteiger partial charge in [0.25, 0.3) is 0 Å². The fourth-order valence-corrected chi connectivity index (χ4v) is 2.07. The Labute approximate surface area is 101 Å². The lowest BCUT2D eigenvalue weighted by Crippen LogP contribution is -2.06. The quantitative estimate of drug-likeness (QED) is 0.852. The second kappa shape index (κ2) is 4.21. The lowest BCUT2D eigenvalue weighted by molar-refractivity contribution is -0.138. The number of hydrogen-bond donors (Lipinski definition) is 1. The van der Waals surface area contributed by atoms with Crippen LogP contribution in [0.1, 0.15) is 29.5 Å². The Hall–Kier alpha value is -1.83. The van der Waals surface area contributed by atoms with E-state index in [0.717, 1.165) is 11.1 Å². The molecule has 0 radical (unpaired) electrons. The van der Waals surface area contributed by atoms with E-state index in [-0.39, 0.29) is 0 Å². The van der Waals surface area contributed by atoms with E-state index in [4.69, 9.17) is 5.11 Å². The van der Waals surface area contributed by atoms with Crippen LogP contribution in [0.2, 0.25) is 0 Å². The summed E-state index contributed by atoms with van der Waals surface area (Å²) in [6, 6.07) is 10.1.